The number of ether oxygens (including phenoxy) is 2. The van der Waals surface area contributed by atoms with Gasteiger partial charge >= 0.3 is 0 Å². The van der Waals surface area contributed by atoms with Crippen molar-refractivity contribution < 1.29 is 9.47 Å². The molecule has 1 fully saturated rings. The monoisotopic (exact) mass is 344 g/mol. The third-order valence-corrected chi connectivity index (χ3v) is 4.20. The van der Waals surface area contributed by atoms with Gasteiger partial charge in [-0.25, -0.2) is 15.0 Å². The fraction of sp³-hybridized carbons (Fsp3) is 0.529. The summed E-state index contributed by atoms with van der Waals surface area (Å²) in [6.07, 6.45) is 4.44. The van der Waals surface area contributed by atoms with Gasteiger partial charge in [-0.3, -0.25) is 0 Å². The van der Waals surface area contributed by atoms with Gasteiger partial charge in [-0.1, -0.05) is 0 Å². The Morgan fingerprint density at radius 1 is 1.36 bits per heavy atom. The first-order chi connectivity index (χ1) is 12.2. The quantitative estimate of drug-likeness (QED) is 0.812. The Morgan fingerprint density at radius 2 is 2.24 bits per heavy atom. The Balaban J connectivity index is 1.70. The van der Waals surface area contributed by atoms with Crippen molar-refractivity contribution in [3.8, 4) is 5.88 Å². The summed E-state index contributed by atoms with van der Waals surface area (Å²) in [7, 11) is 1.75. The summed E-state index contributed by atoms with van der Waals surface area (Å²) in [5.41, 5.74) is 0. The SMILES string of the molecule is CCOc1cc(NC[C@H]2C[C@@H](OC)CN2c2ccncn2)nc(C)n1. The average molecular weight is 344 g/mol. The van der Waals surface area contributed by atoms with Gasteiger partial charge in [-0.2, -0.15) is 4.98 Å². The molecule has 25 heavy (non-hydrogen) atoms. The highest BCUT2D eigenvalue weighted by Crippen LogP contribution is 2.25. The lowest BCUT2D eigenvalue weighted by atomic mass is 10.2. The van der Waals surface area contributed by atoms with E-state index in [4.69, 9.17) is 9.47 Å². The Hall–Kier alpha value is -2.48. The van der Waals surface area contributed by atoms with Gasteiger partial charge in [0, 0.05) is 32.5 Å². The predicted octanol–water partition coefficient (Wildman–Crippen LogP) is 1.68. The molecule has 1 aliphatic heterocycles. The topological polar surface area (TPSA) is 85.3 Å². The van der Waals surface area contributed by atoms with Crippen molar-refractivity contribution in [2.75, 3.05) is 37.0 Å². The smallest absolute Gasteiger partial charge is 0.218 e. The van der Waals surface area contributed by atoms with E-state index < -0.39 is 0 Å². The lowest BCUT2D eigenvalue weighted by molar-refractivity contribution is 0.118. The average Bonchev–Trinajstić information content (AvgIpc) is 3.04. The number of methoxy groups -OCH3 is 1. The zero-order valence-corrected chi connectivity index (χ0v) is 14.8. The highest BCUT2D eigenvalue weighted by Gasteiger charge is 2.32. The molecule has 8 heteroatoms. The zero-order valence-electron chi connectivity index (χ0n) is 14.8. The molecule has 0 spiro atoms. The van der Waals surface area contributed by atoms with Crippen LogP contribution in [0.25, 0.3) is 0 Å². The van der Waals surface area contributed by atoms with Gasteiger partial charge in [0.1, 0.15) is 23.8 Å². The normalized spacial score (nSPS) is 19.9. The molecular weight excluding hydrogens is 320 g/mol. The van der Waals surface area contributed by atoms with Crippen molar-refractivity contribution in [2.24, 2.45) is 0 Å². The highest BCUT2D eigenvalue weighted by molar-refractivity contribution is 5.43. The first kappa shape index (κ1) is 17.3. The third kappa shape index (κ3) is 4.33. The van der Waals surface area contributed by atoms with Crippen LogP contribution in [0.2, 0.25) is 0 Å². The van der Waals surface area contributed by atoms with Gasteiger partial charge in [-0.15, -0.1) is 0 Å². The number of nitrogens with one attached hydrogen (secondary N) is 1. The van der Waals surface area contributed by atoms with E-state index in [0.29, 0.717) is 18.3 Å². The predicted molar refractivity (Wildman–Crippen MR) is 95.0 cm³/mol. The molecule has 0 aromatic carbocycles. The molecule has 0 amide bonds. The molecule has 134 valence electrons. The van der Waals surface area contributed by atoms with Crippen LogP contribution in [0.4, 0.5) is 11.6 Å². The molecule has 0 bridgehead atoms. The van der Waals surface area contributed by atoms with Gasteiger partial charge in [0.15, 0.2) is 0 Å². The maximum Gasteiger partial charge on any atom is 0.218 e. The second-order valence-corrected chi connectivity index (χ2v) is 5.92. The van der Waals surface area contributed by atoms with E-state index in [0.717, 1.165) is 31.1 Å². The summed E-state index contributed by atoms with van der Waals surface area (Å²) in [6.45, 7) is 5.92. The van der Waals surface area contributed by atoms with E-state index in [2.05, 4.69) is 30.2 Å². The number of anilines is 2. The van der Waals surface area contributed by atoms with Crippen LogP contribution >= 0.6 is 0 Å². The second-order valence-electron chi connectivity index (χ2n) is 5.92. The molecule has 0 unspecified atom stereocenters. The van der Waals surface area contributed by atoms with E-state index in [-0.39, 0.29) is 12.1 Å². The second kappa shape index (κ2) is 8.06. The van der Waals surface area contributed by atoms with Crippen LogP contribution < -0.4 is 15.0 Å². The number of aromatic nitrogens is 4. The molecule has 1 saturated heterocycles. The fourth-order valence-electron chi connectivity index (χ4n) is 3.05. The van der Waals surface area contributed by atoms with Crippen LogP contribution in [0.3, 0.4) is 0 Å². The molecule has 3 rings (SSSR count). The molecule has 3 heterocycles. The highest BCUT2D eigenvalue weighted by atomic mass is 16.5. The number of hydrogen-bond donors (Lipinski definition) is 1. The van der Waals surface area contributed by atoms with Crippen molar-refractivity contribution in [3.05, 3.63) is 30.5 Å². The first-order valence-corrected chi connectivity index (χ1v) is 8.47. The van der Waals surface area contributed by atoms with Crippen LogP contribution in [-0.2, 0) is 4.74 Å². The number of nitrogens with zero attached hydrogens (tertiary/aromatic N) is 5. The molecule has 1 aliphatic rings. The van der Waals surface area contributed by atoms with E-state index in [9.17, 15) is 0 Å². The Kier molecular flexibility index (Phi) is 5.60. The van der Waals surface area contributed by atoms with Gasteiger partial charge in [0.25, 0.3) is 0 Å². The van der Waals surface area contributed by atoms with E-state index >= 15 is 0 Å². The maximum absolute atomic E-state index is 5.56. The minimum Gasteiger partial charge on any atom is -0.478 e. The van der Waals surface area contributed by atoms with Crippen LogP contribution in [0.5, 0.6) is 5.88 Å². The minimum absolute atomic E-state index is 0.188. The van der Waals surface area contributed by atoms with Crippen molar-refractivity contribution >= 4 is 11.6 Å². The van der Waals surface area contributed by atoms with Crippen LogP contribution in [0, 0.1) is 6.92 Å². The van der Waals surface area contributed by atoms with E-state index in [1.807, 2.05) is 26.0 Å². The van der Waals surface area contributed by atoms with Crippen LogP contribution in [-0.4, -0.2) is 58.9 Å². The van der Waals surface area contributed by atoms with Gasteiger partial charge < -0.3 is 19.7 Å². The summed E-state index contributed by atoms with van der Waals surface area (Å²) in [5.74, 6) is 2.95. The largest absolute Gasteiger partial charge is 0.478 e. The number of aryl methyl sites for hydroxylation is 1. The zero-order chi connectivity index (χ0) is 17.6. The van der Waals surface area contributed by atoms with E-state index in [1.165, 1.54) is 0 Å². The first-order valence-electron chi connectivity index (χ1n) is 8.47. The molecule has 2 aromatic heterocycles. The maximum atomic E-state index is 5.56. The van der Waals surface area contributed by atoms with Gasteiger partial charge in [-0.05, 0) is 26.3 Å². The lowest BCUT2D eigenvalue weighted by Gasteiger charge is -2.25. The van der Waals surface area contributed by atoms with Crippen molar-refractivity contribution in [1.29, 1.82) is 0 Å². The Bertz CT molecular complexity index is 684. The van der Waals surface area contributed by atoms with Crippen molar-refractivity contribution in [3.63, 3.8) is 0 Å². The van der Waals surface area contributed by atoms with Gasteiger partial charge in [0.2, 0.25) is 5.88 Å². The molecule has 0 radical (unpaired) electrons. The van der Waals surface area contributed by atoms with Crippen LogP contribution in [0.15, 0.2) is 24.7 Å². The molecule has 1 N–H and O–H groups in total. The molecule has 2 atom stereocenters. The molecule has 0 aliphatic carbocycles. The Labute approximate surface area is 147 Å². The number of hydrogen-bond acceptors (Lipinski definition) is 8. The molecule has 2 aromatic rings. The fourth-order valence-corrected chi connectivity index (χ4v) is 3.05. The number of rotatable bonds is 7. The molecular formula is C17H24N6O2. The molecule has 0 saturated carbocycles. The summed E-state index contributed by atoms with van der Waals surface area (Å²) >= 11 is 0. The summed E-state index contributed by atoms with van der Waals surface area (Å²) in [6, 6.07) is 4.01. The third-order valence-electron chi connectivity index (χ3n) is 4.20. The standard InChI is InChI=1S/C17H24N6O2/c1-4-25-17-8-15(21-12(2)22-17)19-9-13-7-14(24-3)10-23(13)16-5-6-18-11-20-16/h5-6,8,11,13-14H,4,7,9-10H2,1-3H3,(H,19,21,22)/t13-,14-/m1/s1. The summed E-state index contributed by atoms with van der Waals surface area (Å²) in [4.78, 5) is 19.3. The Morgan fingerprint density at radius 3 is 2.96 bits per heavy atom. The van der Waals surface area contributed by atoms with E-state index in [1.54, 1.807) is 19.6 Å². The summed E-state index contributed by atoms with van der Waals surface area (Å²) < 4.78 is 11.0. The lowest BCUT2D eigenvalue weighted by Crippen LogP contribution is -2.35. The van der Waals surface area contributed by atoms with Gasteiger partial charge in [0.05, 0.1) is 18.8 Å². The van der Waals surface area contributed by atoms with Crippen molar-refractivity contribution in [1.82, 2.24) is 19.9 Å². The van der Waals surface area contributed by atoms with Crippen molar-refractivity contribution in [2.45, 2.75) is 32.4 Å². The van der Waals surface area contributed by atoms with Crippen LogP contribution in [0.1, 0.15) is 19.2 Å². The summed E-state index contributed by atoms with van der Waals surface area (Å²) in [5, 5.41) is 3.40. The molecule has 8 nitrogen and oxygen atoms in total. The minimum atomic E-state index is 0.188.